The van der Waals surface area contributed by atoms with Gasteiger partial charge in [-0.05, 0) is 129 Å². The highest BCUT2D eigenvalue weighted by molar-refractivity contribution is 6.10. The predicted molar refractivity (Wildman–Crippen MR) is 268 cm³/mol. The van der Waals surface area contributed by atoms with Gasteiger partial charge in [0.15, 0.2) is 0 Å². The molecule has 0 aliphatic heterocycles. The fraction of sp³-hybridized carbons (Fsp3) is 0.0323. The fourth-order valence-electron chi connectivity index (χ4n) is 10.2. The van der Waals surface area contributed by atoms with E-state index in [2.05, 4.69) is 210 Å². The summed E-state index contributed by atoms with van der Waals surface area (Å²) in [4.78, 5) is 2.28. The van der Waals surface area contributed by atoms with Crippen molar-refractivity contribution in [2.45, 2.75) is 12.3 Å². The molecular formula is C62H44N2. The van der Waals surface area contributed by atoms with Gasteiger partial charge in [-0.25, -0.2) is 0 Å². The molecule has 1 aliphatic rings. The van der Waals surface area contributed by atoms with E-state index in [1.54, 1.807) is 6.92 Å². The van der Waals surface area contributed by atoms with Crippen LogP contribution in [-0.4, -0.2) is 4.57 Å². The number of rotatable bonds is 8. The first kappa shape index (κ1) is 33.4. The summed E-state index contributed by atoms with van der Waals surface area (Å²) in [5.41, 5.74) is 16.6. The van der Waals surface area contributed by atoms with Gasteiger partial charge in [-0.2, -0.15) is 0 Å². The minimum Gasteiger partial charge on any atom is -0.310 e. The smallest absolute Gasteiger partial charge is 0.0714 e. The van der Waals surface area contributed by atoms with E-state index in [9.17, 15) is 0 Å². The Kier molecular flexibility index (Phi) is 7.99. The second kappa shape index (κ2) is 15.3. The van der Waals surface area contributed by atoms with Crippen molar-refractivity contribution in [1.29, 1.82) is 0 Å². The molecule has 0 N–H and O–H groups in total. The molecule has 1 aliphatic carbocycles. The van der Waals surface area contributed by atoms with Crippen molar-refractivity contribution in [2.24, 2.45) is 0 Å². The molecule has 302 valence electrons. The van der Waals surface area contributed by atoms with Crippen molar-refractivity contribution in [3.05, 3.63) is 276 Å². The van der Waals surface area contributed by atoms with Crippen LogP contribution in [0.25, 0.3) is 60.9 Å². The summed E-state index contributed by atoms with van der Waals surface area (Å²) in [5.74, 6) is 0. The quantitative estimate of drug-likeness (QED) is 0.148. The molecular weight excluding hydrogens is 773 g/mol. The summed E-state index contributed by atoms with van der Waals surface area (Å²) in [6.45, 7) is 1.68. The van der Waals surface area contributed by atoms with Crippen LogP contribution in [0.3, 0.4) is 0 Å². The zero-order valence-electron chi connectivity index (χ0n) is 39.3. The van der Waals surface area contributed by atoms with E-state index in [0.29, 0.717) is 16.7 Å². The normalized spacial score (nSPS) is 13.5. The summed E-state index contributed by atoms with van der Waals surface area (Å²) in [7, 11) is 0. The molecule has 0 saturated carbocycles. The minimum absolute atomic E-state index is 0.0744. The largest absolute Gasteiger partial charge is 0.310 e. The molecule has 11 aromatic rings. The minimum atomic E-state index is -0.586. The van der Waals surface area contributed by atoms with Crippen molar-refractivity contribution in [2.75, 3.05) is 4.90 Å². The number of hydrogen-bond donors (Lipinski definition) is 0. The fourth-order valence-corrected chi connectivity index (χ4v) is 10.2. The molecule has 1 heterocycles. The molecule has 1 aromatic heterocycles. The van der Waals surface area contributed by atoms with Crippen molar-refractivity contribution in [3.8, 4) is 39.1 Å². The van der Waals surface area contributed by atoms with E-state index >= 15 is 0 Å². The summed E-state index contributed by atoms with van der Waals surface area (Å²) in [6, 6.07) is 79.7. The van der Waals surface area contributed by atoms with Crippen molar-refractivity contribution < 1.29 is 5.48 Å². The lowest BCUT2D eigenvalue weighted by Gasteiger charge is -2.35. The van der Waals surface area contributed by atoms with Gasteiger partial charge in [-0.15, -0.1) is 0 Å². The van der Waals surface area contributed by atoms with Crippen LogP contribution in [0.1, 0.15) is 33.3 Å². The molecule has 0 radical (unpaired) electrons. The molecule has 0 amide bonds. The molecule has 10 aromatic carbocycles. The van der Waals surface area contributed by atoms with E-state index in [1.165, 1.54) is 49.7 Å². The van der Waals surface area contributed by atoms with E-state index in [4.69, 9.17) is 5.48 Å². The molecule has 0 atom stereocenters. The maximum Gasteiger partial charge on any atom is 0.0714 e. The van der Waals surface area contributed by atoms with Gasteiger partial charge in [0.05, 0.1) is 21.9 Å². The van der Waals surface area contributed by atoms with Gasteiger partial charge < -0.3 is 9.47 Å². The van der Waals surface area contributed by atoms with Crippen LogP contribution in [0.5, 0.6) is 0 Å². The predicted octanol–water partition coefficient (Wildman–Crippen LogP) is 16.3. The highest BCUT2D eigenvalue weighted by Gasteiger charge is 2.46. The van der Waals surface area contributed by atoms with E-state index in [-0.39, 0.29) is 24.2 Å². The Morgan fingerprint density at radius 2 is 0.969 bits per heavy atom. The third-order valence-corrected chi connectivity index (χ3v) is 13.0. The van der Waals surface area contributed by atoms with Gasteiger partial charge in [0.25, 0.3) is 0 Å². The second-order valence-corrected chi connectivity index (χ2v) is 16.6. The van der Waals surface area contributed by atoms with Gasteiger partial charge in [0.2, 0.25) is 0 Å². The Labute approximate surface area is 380 Å². The molecule has 0 fully saturated rings. The van der Waals surface area contributed by atoms with Crippen LogP contribution in [0.4, 0.5) is 17.1 Å². The van der Waals surface area contributed by atoms with Gasteiger partial charge >= 0.3 is 0 Å². The van der Waals surface area contributed by atoms with Gasteiger partial charge in [-0.1, -0.05) is 187 Å². The number of anilines is 3. The van der Waals surface area contributed by atoms with Crippen LogP contribution in [-0.2, 0) is 5.41 Å². The van der Waals surface area contributed by atoms with Crippen LogP contribution in [0, 0.1) is 6.92 Å². The van der Waals surface area contributed by atoms with Crippen LogP contribution < -0.4 is 4.90 Å². The standard InChI is InChI=1S/C62H44N2/c1-43-16-15-17-46(40-43)44-28-33-51(34-29-44)63(52-35-30-45(31-36-52)47-32-39-61-57(41-47)56-25-12-14-27-60(56)64(61)50-22-9-4-10-23-50)53-37-38-55-54-24-11-13-26-58(54)62(59(55)42-53,48-18-5-2-6-19-48)49-20-7-3-8-21-49/h2-42H,1H3/i15D,16D,17D,40D. The molecule has 0 saturated heterocycles. The topological polar surface area (TPSA) is 8.17 Å². The van der Waals surface area contributed by atoms with Crippen LogP contribution in [0.15, 0.2) is 249 Å². The number of hydrogen-bond acceptors (Lipinski definition) is 1. The number of benzene rings is 10. The van der Waals surface area contributed by atoms with Gasteiger partial charge in [-0.3, -0.25) is 0 Å². The summed E-state index contributed by atoms with van der Waals surface area (Å²) in [5, 5.41) is 2.41. The molecule has 0 spiro atoms. The van der Waals surface area contributed by atoms with Crippen LogP contribution in [0.2, 0.25) is 0 Å². The van der Waals surface area contributed by atoms with Crippen LogP contribution >= 0.6 is 0 Å². The van der Waals surface area contributed by atoms with Crippen molar-refractivity contribution in [1.82, 2.24) is 4.57 Å². The Morgan fingerprint density at radius 3 is 1.67 bits per heavy atom. The van der Waals surface area contributed by atoms with E-state index in [1.807, 2.05) is 24.3 Å². The second-order valence-electron chi connectivity index (χ2n) is 16.6. The Balaban J connectivity index is 1.03. The van der Waals surface area contributed by atoms with E-state index < -0.39 is 5.41 Å². The Morgan fingerprint density at radius 1 is 0.422 bits per heavy atom. The molecule has 64 heavy (non-hydrogen) atoms. The molecule has 0 bridgehead atoms. The van der Waals surface area contributed by atoms with Gasteiger partial charge in [0.1, 0.15) is 0 Å². The lowest BCUT2D eigenvalue weighted by molar-refractivity contribution is 0.768. The SMILES string of the molecule is [2H]c1c([2H])c(C)c([2H])c(-c2ccc(N(c3ccc(-c4ccc5c(c4)c4ccccc4n5-c4ccccc4)cc3)c3ccc4c(c3)C(c3ccccc3)(c3ccccc3)c3ccccc3-4)cc2)c1[2H]. The van der Waals surface area contributed by atoms with Crippen molar-refractivity contribution in [3.63, 3.8) is 0 Å². The maximum atomic E-state index is 8.90. The number of para-hydroxylation sites is 2. The lowest BCUT2D eigenvalue weighted by Crippen LogP contribution is -2.28. The number of fused-ring (bicyclic) bond motifs is 6. The average Bonchev–Trinajstić information content (AvgIpc) is 3.89. The molecule has 2 nitrogen and oxygen atoms in total. The monoisotopic (exact) mass is 820 g/mol. The number of nitrogens with zero attached hydrogens (tertiary/aromatic N) is 2. The highest BCUT2D eigenvalue weighted by atomic mass is 15.1. The summed E-state index contributed by atoms with van der Waals surface area (Å²) in [6.07, 6.45) is 0. The molecule has 0 unspecified atom stereocenters. The maximum absolute atomic E-state index is 8.90. The average molecular weight is 821 g/mol. The zero-order valence-corrected chi connectivity index (χ0v) is 35.3. The molecule has 12 rings (SSSR count). The van der Waals surface area contributed by atoms with E-state index in [0.717, 1.165) is 39.4 Å². The first-order valence-corrected chi connectivity index (χ1v) is 21.8. The first-order chi connectivity index (χ1) is 33.3. The Hall–Kier alpha value is -8.20. The van der Waals surface area contributed by atoms with Crippen molar-refractivity contribution >= 4 is 38.9 Å². The third kappa shape index (κ3) is 6.02. The zero-order chi connectivity index (χ0) is 46.1. The number of aromatic nitrogens is 1. The Bertz CT molecular complexity index is 3650. The first-order valence-electron chi connectivity index (χ1n) is 23.8. The van der Waals surface area contributed by atoms with Gasteiger partial charge in [0, 0.05) is 33.5 Å². The highest BCUT2D eigenvalue weighted by Crippen LogP contribution is 2.57. The lowest BCUT2D eigenvalue weighted by atomic mass is 9.67. The molecule has 2 heteroatoms. The summed E-state index contributed by atoms with van der Waals surface area (Å²) < 4.78 is 36.9. The third-order valence-electron chi connectivity index (χ3n) is 13.0. The summed E-state index contributed by atoms with van der Waals surface area (Å²) >= 11 is 0.